The van der Waals surface area contributed by atoms with Crippen LogP contribution in [-0.2, 0) is 0 Å². The first-order valence-electron chi connectivity index (χ1n) is 5.83. The maximum atomic E-state index is 6.26. The largest absolute Gasteiger partial charge is 0.492 e. The van der Waals surface area contributed by atoms with Crippen molar-refractivity contribution in [1.29, 1.82) is 0 Å². The van der Waals surface area contributed by atoms with E-state index in [2.05, 4.69) is 42.9 Å². The van der Waals surface area contributed by atoms with Crippen LogP contribution in [0.25, 0.3) is 0 Å². The number of hydrogen-bond acceptors (Lipinski definition) is 1. The molecule has 96 valence electrons. The molecule has 0 saturated heterocycles. The standard InChI is InChI=1S/C13H20BrClOSi/c1-9-10(14)6-7-11(12(9)15)16-8-13(2,3)17(4)5/h6-7,17H,8H2,1-5H3. The minimum Gasteiger partial charge on any atom is -0.492 e. The highest BCUT2D eigenvalue weighted by Crippen LogP contribution is 2.35. The second-order valence-electron chi connectivity index (χ2n) is 5.42. The average Bonchev–Trinajstić information content (AvgIpc) is 2.25. The van der Waals surface area contributed by atoms with Crippen molar-refractivity contribution in [3.05, 3.63) is 27.2 Å². The zero-order chi connectivity index (χ0) is 13.2. The number of halogens is 2. The van der Waals surface area contributed by atoms with E-state index in [-0.39, 0.29) is 5.04 Å². The third-order valence-corrected chi connectivity index (χ3v) is 8.07. The van der Waals surface area contributed by atoms with Gasteiger partial charge >= 0.3 is 0 Å². The predicted octanol–water partition coefficient (Wildman–Crippen LogP) is 5.06. The Bertz CT molecular complexity index is 405. The Kier molecular flexibility index (Phi) is 5.11. The average molecular weight is 336 g/mol. The summed E-state index contributed by atoms with van der Waals surface area (Å²) in [6, 6.07) is 3.91. The molecule has 1 nitrogen and oxygen atoms in total. The first-order valence-corrected chi connectivity index (χ1v) is 9.89. The predicted molar refractivity (Wildman–Crippen MR) is 82.3 cm³/mol. The van der Waals surface area contributed by atoms with Crippen LogP contribution in [-0.4, -0.2) is 15.4 Å². The Labute approximate surface area is 119 Å². The fourth-order valence-corrected chi connectivity index (χ4v) is 2.26. The van der Waals surface area contributed by atoms with Crippen LogP contribution >= 0.6 is 27.5 Å². The topological polar surface area (TPSA) is 9.23 Å². The zero-order valence-corrected chi connectivity index (χ0v) is 14.6. The van der Waals surface area contributed by atoms with Gasteiger partial charge in [0.1, 0.15) is 5.75 Å². The lowest BCUT2D eigenvalue weighted by Crippen LogP contribution is -2.27. The molecular formula is C13H20BrClOSi. The minimum atomic E-state index is -0.736. The SMILES string of the molecule is Cc1c(Br)ccc(OCC(C)(C)[SiH](C)C)c1Cl. The molecule has 0 aliphatic heterocycles. The van der Waals surface area contributed by atoms with Crippen LogP contribution in [0.5, 0.6) is 5.75 Å². The van der Waals surface area contributed by atoms with Crippen molar-refractivity contribution in [2.24, 2.45) is 0 Å². The highest BCUT2D eigenvalue weighted by atomic mass is 79.9. The summed E-state index contributed by atoms with van der Waals surface area (Å²) in [5.74, 6) is 0.787. The molecule has 0 fully saturated rings. The Hall–Kier alpha value is 0.00688. The second kappa shape index (κ2) is 5.76. The van der Waals surface area contributed by atoms with Crippen molar-refractivity contribution >= 4 is 36.3 Å². The van der Waals surface area contributed by atoms with Crippen molar-refractivity contribution in [3.8, 4) is 5.75 Å². The zero-order valence-electron chi connectivity index (χ0n) is 11.1. The van der Waals surface area contributed by atoms with Crippen LogP contribution in [0.4, 0.5) is 0 Å². The van der Waals surface area contributed by atoms with Gasteiger partial charge in [0.15, 0.2) is 0 Å². The Morgan fingerprint density at radius 3 is 2.47 bits per heavy atom. The van der Waals surface area contributed by atoms with Crippen LogP contribution in [0.15, 0.2) is 16.6 Å². The van der Waals surface area contributed by atoms with Gasteiger partial charge in [0.2, 0.25) is 0 Å². The number of ether oxygens (including phenoxy) is 1. The molecule has 1 rings (SSSR count). The molecule has 0 aliphatic rings. The van der Waals surface area contributed by atoms with Crippen molar-refractivity contribution in [2.75, 3.05) is 6.61 Å². The van der Waals surface area contributed by atoms with E-state index < -0.39 is 8.80 Å². The molecule has 0 spiro atoms. The van der Waals surface area contributed by atoms with Crippen molar-refractivity contribution in [2.45, 2.75) is 38.9 Å². The van der Waals surface area contributed by atoms with Crippen molar-refractivity contribution in [1.82, 2.24) is 0 Å². The molecule has 0 atom stereocenters. The smallest absolute Gasteiger partial charge is 0.138 e. The monoisotopic (exact) mass is 334 g/mol. The van der Waals surface area contributed by atoms with Crippen LogP contribution in [0.1, 0.15) is 19.4 Å². The summed E-state index contributed by atoms with van der Waals surface area (Å²) in [5.41, 5.74) is 1.03. The summed E-state index contributed by atoms with van der Waals surface area (Å²) in [6.45, 7) is 11.9. The third-order valence-electron chi connectivity index (χ3n) is 3.45. The summed E-state index contributed by atoms with van der Waals surface area (Å²) < 4.78 is 6.90. The van der Waals surface area contributed by atoms with Gasteiger partial charge in [-0.3, -0.25) is 0 Å². The van der Waals surface area contributed by atoms with Gasteiger partial charge < -0.3 is 4.74 Å². The molecule has 0 N–H and O–H groups in total. The van der Waals surface area contributed by atoms with E-state index in [4.69, 9.17) is 16.3 Å². The van der Waals surface area contributed by atoms with Gasteiger partial charge in [0.25, 0.3) is 0 Å². The first kappa shape index (κ1) is 15.1. The Balaban J connectivity index is 2.81. The summed E-state index contributed by atoms with van der Waals surface area (Å²) in [4.78, 5) is 0. The van der Waals surface area contributed by atoms with Gasteiger partial charge in [-0.2, -0.15) is 0 Å². The van der Waals surface area contributed by atoms with Crippen LogP contribution < -0.4 is 4.74 Å². The normalized spacial score (nSPS) is 12.0. The Morgan fingerprint density at radius 1 is 1.35 bits per heavy atom. The molecule has 0 radical (unpaired) electrons. The van der Waals surface area contributed by atoms with Gasteiger partial charge in [-0.05, 0) is 29.7 Å². The number of hydrogen-bond donors (Lipinski definition) is 0. The number of rotatable bonds is 4. The van der Waals surface area contributed by atoms with Crippen LogP contribution in [0, 0.1) is 6.92 Å². The van der Waals surface area contributed by atoms with Gasteiger partial charge in [0.05, 0.1) is 11.6 Å². The summed E-state index contributed by atoms with van der Waals surface area (Å²) >= 11 is 9.72. The lowest BCUT2D eigenvalue weighted by molar-refractivity contribution is 0.276. The maximum Gasteiger partial charge on any atom is 0.138 e. The molecule has 17 heavy (non-hydrogen) atoms. The fraction of sp³-hybridized carbons (Fsp3) is 0.538. The molecule has 0 bridgehead atoms. The van der Waals surface area contributed by atoms with E-state index in [0.29, 0.717) is 5.02 Å². The van der Waals surface area contributed by atoms with E-state index in [1.165, 1.54) is 0 Å². The maximum absolute atomic E-state index is 6.26. The quantitative estimate of drug-likeness (QED) is 0.699. The molecule has 0 aromatic heterocycles. The summed E-state index contributed by atoms with van der Waals surface area (Å²) in [7, 11) is -0.736. The molecule has 4 heteroatoms. The summed E-state index contributed by atoms with van der Waals surface area (Å²) in [6.07, 6.45) is 0. The van der Waals surface area contributed by atoms with Crippen LogP contribution in [0.2, 0.25) is 23.2 Å². The molecule has 0 aliphatic carbocycles. The van der Waals surface area contributed by atoms with E-state index >= 15 is 0 Å². The highest BCUT2D eigenvalue weighted by molar-refractivity contribution is 9.10. The molecule has 0 heterocycles. The van der Waals surface area contributed by atoms with Gasteiger partial charge in [0, 0.05) is 13.3 Å². The number of benzene rings is 1. The highest BCUT2D eigenvalue weighted by Gasteiger charge is 2.24. The van der Waals surface area contributed by atoms with E-state index in [9.17, 15) is 0 Å². The van der Waals surface area contributed by atoms with Crippen LogP contribution in [0.3, 0.4) is 0 Å². The first-order chi connectivity index (χ1) is 7.75. The molecular weight excluding hydrogens is 316 g/mol. The van der Waals surface area contributed by atoms with Crippen molar-refractivity contribution < 1.29 is 4.74 Å². The van der Waals surface area contributed by atoms with Crippen molar-refractivity contribution in [3.63, 3.8) is 0 Å². The van der Waals surface area contributed by atoms with Gasteiger partial charge in [-0.1, -0.05) is 54.5 Å². The molecule has 0 amide bonds. The van der Waals surface area contributed by atoms with Gasteiger partial charge in [-0.15, -0.1) is 0 Å². The molecule has 1 aromatic carbocycles. The minimum absolute atomic E-state index is 0.282. The lowest BCUT2D eigenvalue weighted by atomic mass is 10.2. The molecule has 1 aromatic rings. The molecule has 0 saturated carbocycles. The lowest BCUT2D eigenvalue weighted by Gasteiger charge is -2.28. The molecule has 0 unspecified atom stereocenters. The third kappa shape index (κ3) is 3.73. The second-order valence-corrected chi connectivity index (χ2v) is 10.5. The van der Waals surface area contributed by atoms with E-state index in [0.717, 1.165) is 22.4 Å². The Morgan fingerprint density at radius 2 is 1.94 bits per heavy atom. The van der Waals surface area contributed by atoms with Gasteiger partial charge in [-0.25, -0.2) is 0 Å². The summed E-state index contributed by atoms with van der Waals surface area (Å²) in [5, 5.41) is 0.991. The fourth-order valence-electron chi connectivity index (χ4n) is 1.18. The van der Waals surface area contributed by atoms with E-state index in [1.54, 1.807) is 0 Å². The van der Waals surface area contributed by atoms with E-state index in [1.807, 2.05) is 19.1 Å².